The maximum atomic E-state index is 6.26. The molecule has 2 heteroatoms. The summed E-state index contributed by atoms with van der Waals surface area (Å²) < 4.78 is 0. The van der Waals surface area contributed by atoms with Crippen molar-refractivity contribution in [2.75, 3.05) is 19.6 Å². The molecule has 1 heterocycles. The first-order chi connectivity index (χ1) is 8.15. The molecule has 0 radical (unpaired) electrons. The molecule has 1 aromatic rings. The molecule has 94 valence electrons. The standard InChI is InChI=1S/C15H24N2/c1-12-5-6-13(2)14(9-12)10-15(16)11-17-7-3-4-8-17/h5-6,9,15H,3-4,7-8,10-11,16H2,1-2H3. The lowest BCUT2D eigenvalue weighted by atomic mass is 9.99. The lowest BCUT2D eigenvalue weighted by Gasteiger charge is -2.21. The van der Waals surface area contributed by atoms with Crippen LogP contribution in [0, 0.1) is 13.8 Å². The van der Waals surface area contributed by atoms with Gasteiger partial charge in [-0.25, -0.2) is 0 Å². The van der Waals surface area contributed by atoms with E-state index >= 15 is 0 Å². The molecular formula is C15H24N2. The van der Waals surface area contributed by atoms with Gasteiger partial charge in [-0.15, -0.1) is 0 Å². The van der Waals surface area contributed by atoms with Crippen LogP contribution in [0.15, 0.2) is 18.2 Å². The van der Waals surface area contributed by atoms with Crippen LogP contribution in [0.2, 0.25) is 0 Å². The van der Waals surface area contributed by atoms with E-state index in [-0.39, 0.29) is 6.04 Å². The Bertz CT molecular complexity index is 367. The van der Waals surface area contributed by atoms with Crippen LogP contribution < -0.4 is 5.73 Å². The first kappa shape index (κ1) is 12.6. The van der Waals surface area contributed by atoms with Crippen molar-refractivity contribution in [1.29, 1.82) is 0 Å². The monoisotopic (exact) mass is 232 g/mol. The molecule has 17 heavy (non-hydrogen) atoms. The molecule has 1 saturated heterocycles. The fraction of sp³-hybridized carbons (Fsp3) is 0.600. The minimum absolute atomic E-state index is 0.272. The smallest absolute Gasteiger partial charge is 0.0208 e. The second kappa shape index (κ2) is 5.65. The van der Waals surface area contributed by atoms with Gasteiger partial charge in [-0.1, -0.05) is 23.8 Å². The normalized spacial score (nSPS) is 18.5. The first-order valence-corrected chi connectivity index (χ1v) is 6.69. The second-order valence-corrected chi connectivity index (χ2v) is 5.40. The summed E-state index contributed by atoms with van der Waals surface area (Å²) in [6, 6.07) is 6.92. The summed E-state index contributed by atoms with van der Waals surface area (Å²) in [7, 11) is 0. The Labute approximate surface area is 105 Å². The predicted molar refractivity (Wildman–Crippen MR) is 73.3 cm³/mol. The van der Waals surface area contributed by atoms with Crippen molar-refractivity contribution in [3.05, 3.63) is 34.9 Å². The van der Waals surface area contributed by atoms with Crippen LogP contribution in [0.4, 0.5) is 0 Å². The topological polar surface area (TPSA) is 29.3 Å². The zero-order valence-electron chi connectivity index (χ0n) is 11.1. The summed E-state index contributed by atoms with van der Waals surface area (Å²) in [6.07, 6.45) is 3.69. The predicted octanol–water partition coefficient (Wildman–Crippen LogP) is 2.27. The number of nitrogens with zero attached hydrogens (tertiary/aromatic N) is 1. The highest BCUT2D eigenvalue weighted by molar-refractivity contribution is 5.31. The van der Waals surface area contributed by atoms with Gasteiger partial charge < -0.3 is 10.6 Å². The number of hydrogen-bond donors (Lipinski definition) is 1. The van der Waals surface area contributed by atoms with Gasteiger partial charge in [0, 0.05) is 12.6 Å². The Morgan fingerprint density at radius 3 is 2.65 bits per heavy atom. The van der Waals surface area contributed by atoms with Gasteiger partial charge in [-0.2, -0.15) is 0 Å². The summed E-state index contributed by atoms with van der Waals surface area (Å²) in [5, 5.41) is 0. The van der Waals surface area contributed by atoms with Gasteiger partial charge in [-0.3, -0.25) is 0 Å². The van der Waals surface area contributed by atoms with E-state index in [4.69, 9.17) is 5.73 Å². The summed E-state index contributed by atoms with van der Waals surface area (Å²) in [4.78, 5) is 2.50. The fourth-order valence-corrected chi connectivity index (χ4v) is 2.66. The van der Waals surface area contributed by atoms with Gasteiger partial charge in [-0.05, 0) is 57.3 Å². The highest BCUT2D eigenvalue weighted by Gasteiger charge is 2.15. The molecule has 2 nitrogen and oxygen atoms in total. The van der Waals surface area contributed by atoms with Gasteiger partial charge in [0.15, 0.2) is 0 Å². The largest absolute Gasteiger partial charge is 0.326 e. The number of nitrogens with two attached hydrogens (primary N) is 1. The first-order valence-electron chi connectivity index (χ1n) is 6.69. The average Bonchev–Trinajstić information content (AvgIpc) is 2.76. The molecular weight excluding hydrogens is 208 g/mol. The van der Waals surface area contributed by atoms with Gasteiger partial charge in [0.1, 0.15) is 0 Å². The number of benzene rings is 1. The zero-order chi connectivity index (χ0) is 12.3. The van der Waals surface area contributed by atoms with Crippen LogP contribution in [0.1, 0.15) is 29.5 Å². The number of aryl methyl sites for hydroxylation is 2. The summed E-state index contributed by atoms with van der Waals surface area (Å²) >= 11 is 0. The minimum atomic E-state index is 0.272. The van der Waals surface area contributed by atoms with E-state index < -0.39 is 0 Å². The molecule has 2 rings (SSSR count). The van der Waals surface area contributed by atoms with Crippen molar-refractivity contribution in [1.82, 2.24) is 4.90 Å². The van der Waals surface area contributed by atoms with Crippen molar-refractivity contribution in [2.24, 2.45) is 5.73 Å². The molecule has 1 aliphatic heterocycles. The molecule has 1 fully saturated rings. The van der Waals surface area contributed by atoms with Crippen molar-refractivity contribution in [3.8, 4) is 0 Å². The van der Waals surface area contributed by atoms with Crippen molar-refractivity contribution in [3.63, 3.8) is 0 Å². The van der Waals surface area contributed by atoms with E-state index in [1.807, 2.05) is 0 Å². The number of rotatable bonds is 4. The van der Waals surface area contributed by atoms with Crippen molar-refractivity contribution >= 4 is 0 Å². The molecule has 1 aliphatic rings. The van der Waals surface area contributed by atoms with E-state index in [0.29, 0.717) is 0 Å². The van der Waals surface area contributed by atoms with Crippen LogP contribution in [-0.4, -0.2) is 30.6 Å². The summed E-state index contributed by atoms with van der Waals surface area (Å²) in [5.74, 6) is 0. The number of likely N-dealkylation sites (tertiary alicyclic amines) is 1. The van der Waals surface area contributed by atoms with E-state index in [1.165, 1.54) is 42.6 Å². The molecule has 1 unspecified atom stereocenters. The van der Waals surface area contributed by atoms with Crippen molar-refractivity contribution < 1.29 is 0 Å². The maximum Gasteiger partial charge on any atom is 0.0208 e. The Morgan fingerprint density at radius 2 is 1.94 bits per heavy atom. The summed E-state index contributed by atoms with van der Waals surface area (Å²) in [6.45, 7) is 7.85. The van der Waals surface area contributed by atoms with Gasteiger partial charge >= 0.3 is 0 Å². The molecule has 0 spiro atoms. The van der Waals surface area contributed by atoms with Gasteiger partial charge in [0.25, 0.3) is 0 Å². The maximum absolute atomic E-state index is 6.26. The Kier molecular flexibility index (Phi) is 4.19. The van der Waals surface area contributed by atoms with Crippen molar-refractivity contribution in [2.45, 2.75) is 39.2 Å². The van der Waals surface area contributed by atoms with E-state index in [9.17, 15) is 0 Å². The van der Waals surface area contributed by atoms with Crippen LogP contribution >= 0.6 is 0 Å². The summed E-state index contributed by atoms with van der Waals surface area (Å²) in [5.41, 5.74) is 10.4. The Balaban J connectivity index is 1.92. The van der Waals surface area contributed by atoms with Crippen LogP contribution in [0.25, 0.3) is 0 Å². The Morgan fingerprint density at radius 1 is 1.24 bits per heavy atom. The molecule has 0 saturated carbocycles. The third-order valence-corrected chi connectivity index (χ3v) is 3.68. The highest BCUT2D eigenvalue weighted by atomic mass is 15.1. The van der Waals surface area contributed by atoms with E-state index in [2.05, 4.69) is 36.9 Å². The number of hydrogen-bond acceptors (Lipinski definition) is 2. The van der Waals surface area contributed by atoms with Crippen LogP contribution in [-0.2, 0) is 6.42 Å². The van der Waals surface area contributed by atoms with E-state index in [0.717, 1.165) is 13.0 Å². The molecule has 1 atom stereocenters. The van der Waals surface area contributed by atoms with Crippen LogP contribution in [0.3, 0.4) is 0 Å². The van der Waals surface area contributed by atoms with Crippen LogP contribution in [0.5, 0.6) is 0 Å². The zero-order valence-corrected chi connectivity index (χ0v) is 11.1. The van der Waals surface area contributed by atoms with E-state index in [1.54, 1.807) is 0 Å². The molecule has 0 bridgehead atoms. The van der Waals surface area contributed by atoms with Gasteiger partial charge in [0.05, 0.1) is 0 Å². The second-order valence-electron chi connectivity index (χ2n) is 5.40. The minimum Gasteiger partial charge on any atom is -0.326 e. The molecule has 0 amide bonds. The fourth-order valence-electron chi connectivity index (χ4n) is 2.66. The lowest BCUT2D eigenvalue weighted by molar-refractivity contribution is 0.313. The third-order valence-electron chi connectivity index (χ3n) is 3.68. The highest BCUT2D eigenvalue weighted by Crippen LogP contribution is 2.14. The third kappa shape index (κ3) is 3.55. The lowest BCUT2D eigenvalue weighted by Crippen LogP contribution is -2.37. The molecule has 1 aromatic carbocycles. The molecule has 2 N–H and O–H groups in total. The average molecular weight is 232 g/mol. The molecule has 0 aliphatic carbocycles. The Hall–Kier alpha value is -0.860. The van der Waals surface area contributed by atoms with Gasteiger partial charge in [0.2, 0.25) is 0 Å². The molecule has 0 aromatic heterocycles. The SMILES string of the molecule is Cc1ccc(C)c(CC(N)CN2CCCC2)c1. The quantitative estimate of drug-likeness (QED) is 0.863.